The number of esters is 1. The summed E-state index contributed by atoms with van der Waals surface area (Å²) in [5.74, 6) is -1.32. The number of benzene rings is 1. The first-order chi connectivity index (χ1) is 12.2. The number of nitrogens with one attached hydrogen (secondary N) is 1. The summed E-state index contributed by atoms with van der Waals surface area (Å²) in [4.78, 5) is 26.3. The minimum atomic E-state index is -3.22. The van der Waals surface area contributed by atoms with Crippen molar-refractivity contribution in [2.75, 3.05) is 18.6 Å². The Kier molecular flexibility index (Phi) is 4.74. The van der Waals surface area contributed by atoms with Crippen LogP contribution in [0.25, 0.3) is 0 Å². The van der Waals surface area contributed by atoms with Gasteiger partial charge in [-0.1, -0.05) is 12.1 Å². The molecule has 2 aliphatic heterocycles. The van der Waals surface area contributed by atoms with E-state index in [1.54, 1.807) is 13.0 Å². The largest absolute Gasteiger partial charge is 0.466 e. The first-order valence-corrected chi connectivity index (χ1v) is 9.90. The number of methoxy groups -OCH3 is 1. The van der Waals surface area contributed by atoms with E-state index in [1.165, 1.54) is 30.2 Å². The maximum absolute atomic E-state index is 13.6. The van der Waals surface area contributed by atoms with E-state index >= 15 is 0 Å². The Morgan fingerprint density at radius 3 is 2.69 bits per heavy atom. The minimum Gasteiger partial charge on any atom is -0.466 e. The molecule has 2 heterocycles. The molecule has 0 bridgehead atoms. The number of hydrogen-bond acceptors (Lipinski definition) is 5. The number of urea groups is 1. The molecule has 0 aromatic heterocycles. The maximum atomic E-state index is 13.6. The molecule has 0 aliphatic carbocycles. The summed E-state index contributed by atoms with van der Waals surface area (Å²) in [5, 5.41) is 2.68. The number of hydrogen-bond donors (Lipinski definition) is 1. The zero-order valence-corrected chi connectivity index (χ0v) is 15.2. The number of carbonyl (C=O) groups excluding carboxylic acids is 2. The lowest BCUT2D eigenvalue weighted by Gasteiger charge is -2.38. The van der Waals surface area contributed by atoms with Gasteiger partial charge in [-0.3, -0.25) is 4.90 Å². The number of sulfone groups is 1. The monoisotopic (exact) mass is 382 g/mol. The van der Waals surface area contributed by atoms with Gasteiger partial charge < -0.3 is 10.1 Å². The second-order valence-electron chi connectivity index (χ2n) is 6.36. The van der Waals surface area contributed by atoms with Crippen LogP contribution >= 0.6 is 0 Å². The lowest BCUT2D eigenvalue weighted by atomic mass is 9.94. The quantitative estimate of drug-likeness (QED) is 0.801. The third-order valence-corrected chi connectivity index (χ3v) is 6.44. The number of carbonyl (C=O) groups is 2. The van der Waals surface area contributed by atoms with E-state index in [-0.39, 0.29) is 17.1 Å². The molecule has 0 unspecified atom stereocenters. The van der Waals surface area contributed by atoms with E-state index in [0.29, 0.717) is 17.7 Å². The highest BCUT2D eigenvalue weighted by atomic mass is 32.2. The van der Waals surface area contributed by atoms with Crippen LogP contribution in [-0.2, 0) is 19.4 Å². The van der Waals surface area contributed by atoms with Crippen molar-refractivity contribution in [1.29, 1.82) is 0 Å². The summed E-state index contributed by atoms with van der Waals surface area (Å²) in [6, 6.07) is 3.63. The minimum absolute atomic E-state index is 0.00436. The van der Waals surface area contributed by atoms with Crippen molar-refractivity contribution in [2.24, 2.45) is 0 Å². The Morgan fingerprint density at radius 1 is 1.38 bits per heavy atom. The third kappa shape index (κ3) is 3.31. The predicted molar refractivity (Wildman–Crippen MR) is 91.3 cm³/mol. The molecule has 1 fully saturated rings. The number of amides is 2. The lowest BCUT2D eigenvalue weighted by molar-refractivity contribution is -0.136. The normalized spacial score (nSPS) is 25.2. The zero-order chi connectivity index (χ0) is 19.1. The Morgan fingerprint density at radius 2 is 2.12 bits per heavy atom. The average Bonchev–Trinajstić information content (AvgIpc) is 2.93. The molecule has 1 saturated heterocycles. The summed E-state index contributed by atoms with van der Waals surface area (Å²) >= 11 is 0. The van der Waals surface area contributed by atoms with E-state index in [9.17, 15) is 22.4 Å². The summed E-state index contributed by atoms with van der Waals surface area (Å²) < 4.78 is 42.0. The van der Waals surface area contributed by atoms with Crippen LogP contribution in [0.1, 0.15) is 24.9 Å². The molecular weight excluding hydrogens is 363 g/mol. The molecule has 2 aliphatic rings. The van der Waals surface area contributed by atoms with Crippen LogP contribution in [0, 0.1) is 5.82 Å². The Labute approximate surface area is 150 Å². The number of ether oxygens (including phenoxy) is 1. The highest BCUT2D eigenvalue weighted by molar-refractivity contribution is 7.91. The molecule has 26 heavy (non-hydrogen) atoms. The summed E-state index contributed by atoms with van der Waals surface area (Å²) in [6.07, 6.45) is 0.298. The molecule has 1 aromatic rings. The van der Waals surface area contributed by atoms with Crippen molar-refractivity contribution in [3.63, 3.8) is 0 Å². The maximum Gasteiger partial charge on any atom is 0.337 e. The average molecular weight is 382 g/mol. The van der Waals surface area contributed by atoms with Gasteiger partial charge in [0.25, 0.3) is 0 Å². The summed E-state index contributed by atoms with van der Waals surface area (Å²) in [5.41, 5.74) is 0.871. The van der Waals surface area contributed by atoms with Crippen molar-refractivity contribution >= 4 is 21.8 Å². The molecule has 7 nitrogen and oxygen atoms in total. The fourth-order valence-corrected chi connectivity index (χ4v) is 5.19. The molecule has 2 amide bonds. The number of allylic oxidation sites excluding steroid dienone is 1. The fraction of sp³-hybridized carbons (Fsp3) is 0.412. The van der Waals surface area contributed by atoms with Gasteiger partial charge in [-0.15, -0.1) is 0 Å². The molecule has 140 valence electrons. The molecule has 0 saturated carbocycles. The molecular formula is C17H19FN2O5S. The standard InChI is InChI=1S/C17H19FN2O5S/c1-10-14(16(21)25-2)15(11-4-3-5-12(18)8-11)19-17(22)20(10)13-6-7-26(23,24)9-13/h3-5,8,13,15H,6-7,9H2,1-2H3,(H,19,22)/t13-,15-/m0/s1. The molecule has 1 N–H and O–H groups in total. The van der Waals surface area contributed by atoms with Gasteiger partial charge in [-0.05, 0) is 31.0 Å². The smallest absolute Gasteiger partial charge is 0.337 e. The molecule has 0 spiro atoms. The highest BCUT2D eigenvalue weighted by Crippen LogP contribution is 2.34. The SMILES string of the molecule is COC(=O)C1=C(C)N([C@H]2CCS(=O)(=O)C2)C(=O)N[C@H]1c1cccc(F)c1. The molecule has 0 radical (unpaired) electrons. The van der Waals surface area contributed by atoms with Crippen molar-refractivity contribution in [1.82, 2.24) is 10.2 Å². The van der Waals surface area contributed by atoms with E-state index in [1.807, 2.05) is 0 Å². The van der Waals surface area contributed by atoms with Crippen LogP contribution in [0.2, 0.25) is 0 Å². The topological polar surface area (TPSA) is 92.8 Å². The number of halogens is 1. The summed E-state index contributed by atoms with van der Waals surface area (Å²) in [6.45, 7) is 1.57. The van der Waals surface area contributed by atoms with Crippen molar-refractivity contribution in [3.8, 4) is 0 Å². The van der Waals surface area contributed by atoms with Gasteiger partial charge in [0, 0.05) is 5.70 Å². The first-order valence-electron chi connectivity index (χ1n) is 8.08. The second-order valence-corrected chi connectivity index (χ2v) is 8.58. The van der Waals surface area contributed by atoms with Gasteiger partial charge in [0.2, 0.25) is 0 Å². The van der Waals surface area contributed by atoms with Gasteiger partial charge in [0.1, 0.15) is 5.82 Å². The van der Waals surface area contributed by atoms with Gasteiger partial charge in [-0.25, -0.2) is 22.4 Å². The van der Waals surface area contributed by atoms with Crippen LogP contribution in [0.3, 0.4) is 0 Å². The van der Waals surface area contributed by atoms with Gasteiger partial charge in [0.15, 0.2) is 9.84 Å². The Bertz CT molecular complexity index is 896. The van der Waals surface area contributed by atoms with Crippen LogP contribution in [0.4, 0.5) is 9.18 Å². The number of rotatable bonds is 3. The van der Waals surface area contributed by atoms with Gasteiger partial charge >= 0.3 is 12.0 Å². The van der Waals surface area contributed by atoms with Gasteiger partial charge in [0.05, 0.1) is 36.3 Å². The first kappa shape index (κ1) is 18.4. The Balaban J connectivity index is 2.07. The summed E-state index contributed by atoms with van der Waals surface area (Å²) in [7, 11) is -2.00. The molecule has 2 atom stereocenters. The van der Waals surface area contributed by atoms with Crippen molar-refractivity contribution in [3.05, 3.63) is 46.9 Å². The second kappa shape index (κ2) is 6.71. The van der Waals surface area contributed by atoms with E-state index in [0.717, 1.165) is 0 Å². The van der Waals surface area contributed by atoms with Crippen LogP contribution in [0.5, 0.6) is 0 Å². The van der Waals surface area contributed by atoms with Gasteiger partial charge in [-0.2, -0.15) is 0 Å². The van der Waals surface area contributed by atoms with Crippen molar-refractivity contribution < 1.29 is 27.1 Å². The Hall–Kier alpha value is -2.42. The van der Waals surface area contributed by atoms with Crippen molar-refractivity contribution in [2.45, 2.75) is 25.4 Å². The zero-order valence-electron chi connectivity index (χ0n) is 14.4. The molecule has 3 rings (SSSR count). The van der Waals surface area contributed by atoms with Crippen LogP contribution in [0.15, 0.2) is 35.5 Å². The molecule has 1 aromatic carbocycles. The van der Waals surface area contributed by atoms with E-state index in [2.05, 4.69) is 5.32 Å². The van der Waals surface area contributed by atoms with E-state index in [4.69, 9.17) is 4.74 Å². The number of nitrogens with zero attached hydrogens (tertiary/aromatic N) is 1. The fourth-order valence-electron chi connectivity index (χ4n) is 3.49. The molecule has 9 heteroatoms. The van der Waals surface area contributed by atoms with E-state index < -0.39 is 39.7 Å². The van der Waals surface area contributed by atoms with Crippen LogP contribution in [-0.4, -0.2) is 50.0 Å². The predicted octanol–water partition coefficient (Wildman–Crippen LogP) is 1.53. The highest BCUT2D eigenvalue weighted by Gasteiger charge is 2.42. The van der Waals surface area contributed by atoms with Crippen LogP contribution < -0.4 is 5.32 Å². The third-order valence-electron chi connectivity index (χ3n) is 4.69. The lowest BCUT2D eigenvalue weighted by Crippen LogP contribution is -2.52.